The Morgan fingerprint density at radius 3 is 3.27 bits per heavy atom. The van der Waals surface area contributed by atoms with E-state index in [0.717, 1.165) is 24.1 Å². The van der Waals surface area contributed by atoms with Crippen molar-refractivity contribution in [3.63, 3.8) is 0 Å². The van der Waals surface area contributed by atoms with Crippen molar-refractivity contribution in [3.05, 3.63) is 5.38 Å². The lowest BCUT2D eigenvalue weighted by atomic mass is 10.0. The van der Waals surface area contributed by atoms with Crippen LogP contribution in [0.4, 0.5) is 5.13 Å². The lowest BCUT2D eigenvalue weighted by Crippen LogP contribution is -2.36. The van der Waals surface area contributed by atoms with E-state index in [1.807, 2.05) is 11.8 Å². The maximum absolute atomic E-state index is 9.22. The number of aromatic hydroxyl groups is 1. The molecule has 0 bridgehead atoms. The Morgan fingerprint density at radius 2 is 2.60 bits per heavy atom. The Kier molecular flexibility index (Phi) is 3.75. The van der Waals surface area contributed by atoms with Crippen molar-refractivity contribution in [1.82, 2.24) is 4.98 Å². The summed E-state index contributed by atoms with van der Waals surface area (Å²) >= 11 is 3.45. The molecule has 1 fully saturated rings. The average Bonchev–Trinajstić information content (AvgIpc) is 2.66. The first-order chi connectivity index (χ1) is 7.29. The van der Waals surface area contributed by atoms with E-state index in [0.29, 0.717) is 0 Å². The number of rotatable bonds is 3. The fourth-order valence-electron chi connectivity index (χ4n) is 2.01. The smallest absolute Gasteiger partial charge is 0.223 e. The lowest BCUT2D eigenvalue weighted by molar-refractivity contribution is 0.443. The number of hydrogen-bond donors (Lipinski definition) is 1. The standard InChI is InChI=1S/C10H16N2OS2/c1-14-6-8-3-2-4-12(5-8)10-11-9(13)7-15-10/h7-8,13H,2-6H2,1H3. The molecule has 3 nitrogen and oxygen atoms in total. The van der Waals surface area contributed by atoms with Gasteiger partial charge in [0.25, 0.3) is 0 Å². The highest BCUT2D eigenvalue weighted by Crippen LogP contribution is 2.29. The van der Waals surface area contributed by atoms with Gasteiger partial charge in [0.05, 0.1) is 5.38 Å². The molecule has 0 spiro atoms. The Bertz CT molecular complexity index is 314. The molecule has 0 aliphatic carbocycles. The zero-order valence-corrected chi connectivity index (χ0v) is 10.5. The predicted octanol–water partition coefficient (Wildman–Crippen LogP) is 2.43. The summed E-state index contributed by atoms with van der Waals surface area (Å²) < 4.78 is 0. The molecule has 1 aromatic heterocycles. The minimum Gasteiger partial charge on any atom is -0.493 e. The van der Waals surface area contributed by atoms with Crippen LogP contribution in [0.3, 0.4) is 0 Å². The summed E-state index contributed by atoms with van der Waals surface area (Å²) in [6.45, 7) is 2.17. The van der Waals surface area contributed by atoms with Crippen LogP contribution in [0.5, 0.6) is 5.88 Å². The van der Waals surface area contributed by atoms with Crippen LogP contribution in [0.2, 0.25) is 0 Å². The Hall–Kier alpha value is -0.420. The van der Waals surface area contributed by atoms with Crippen molar-refractivity contribution in [2.75, 3.05) is 30.0 Å². The van der Waals surface area contributed by atoms with Crippen LogP contribution < -0.4 is 4.90 Å². The molecule has 1 saturated heterocycles. The first kappa shape index (κ1) is 11.1. The lowest BCUT2D eigenvalue weighted by Gasteiger charge is -2.32. The Morgan fingerprint density at radius 1 is 1.73 bits per heavy atom. The molecule has 1 atom stereocenters. The molecule has 0 saturated carbocycles. The summed E-state index contributed by atoms with van der Waals surface area (Å²) in [5.41, 5.74) is 0. The van der Waals surface area contributed by atoms with E-state index < -0.39 is 0 Å². The molecule has 0 amide bonds. The van der Waals surface area contributed by atoms with Crippen LogP contribution >= 0.6 is 23.1 Å². The SMILES string of the molecule is CSCC1CCCN(c2nc(O)cs2)C1. The van der Waals surface area contributed by atoms with Gasteiger partial charge in [-0.3, -0.25) is 0 Å². The predicted molar refractivity (Wildman–Crippen MR) is 67.1 cm³/mol. The third kappa shape index (κ3) is 2.78. The first-order valence-electron chi connectivity index (χ1n) is 5.18. The van der Waals surface area contributed by atoms with E-state index in [1.165, 1.54) is 29.9 Å². The van der Waals surface area contributed by atoms with Crippen LogP contribution in [-0.4, -0.2) is 35.2 Å². The van der Waals surface area contributed by atoms with E-state index >= 15 is 0 Å². The third-order valence-electron chi connectivity index (χ3n) is 2.67. The highest BCUT2D eigenvalue weighted by atomic mass is 32.2. The molecule has 1 aromatic rings. The fraction of sp³-hybridized carbons (Fsp3) is 0.700. The third-order valence-corrected chi connectivity index (χ3v) is 4.37. The van der Waals surface area contributed by atoms with Gasteiger partial charge in [-0.25, -0.2) is 0 Å². The van der Waals surface area contributed by atoms with E-state index in [1.54, 1.807) is 5.38 Å². The summed E-state index contributed by atoms with van der Waals surface area (Å²) in [7, 11) is 0. The highest BCUT2D eigenvalue weighted by molar-refractivity contribution is 7.98. The quantitative estimate of drug-likeness (QED) is 0.886. The van der Waals surface area contributed by atoms with Crippen LogP contribution in [-0.2, 0) is 0 Å². The number of anilines is 1. The van der Waals surface area contributed by atoms with Crippen molar-refractivity contribution in [1.29, 1.82) is 0 Å². The number of piperidine rings is 1. The zero-order valence-electron chi connectivity index (χ0n) is 8.85. The first-order valence-corrected chi connectivity index (χ1v) is 7.45. The molecule has 1 N–H and O–H groups in total. The Labute approximate surface area is 98.5 Å². The molecule has 5 heteroatoms. The molecular formula is C10H16N2OS2. The van der Waals surface area contributed by atoms with Gasteiger partial charge in [0.2, 0.25) is 5.88 Å². The van der Waals surface area contributed by atoms with E-state index in [9.17, 15) is 5.11 Å². The molecule has 2 rings (SSSR count). The molecule has 1 aliphatic heterocycles. The van der Waals surface area contributed by atoms with Crippen LogP contribution in [0, 0.1) is 5.92 Å². The van der Waals surface area contributed by atoms with Gasteiger partial charge in [0, 0.05) is 13.1 Å². The zero-order chi connectivity index (χ0) is 10.7. The summed E-state index contributed by atoms with van der Waals surface area (Å²) in [5, 5.41) is 11.9. The van der Waals surface area contributed by atoms with Crippen molar-refractivity contribution < 1.29 is 5.11 Å². The second-order valence-corrected chi connectivity index (χ2v) is 5.65. The second kappa shape index (κ2) is 5.07. The minimum absolute atomic E-state index is 0.155. The van der Waals surface area contributed by atoms with Crippen LogP contribution in [0.1, 0.15) is 12.8 Å². The number of thioether (sulfide) groups is 1. The Balaban J connectivity index is 1.98. The summed E-state index contributed by atoms with van der Waals surface area (Å²) in [6.07, 6.45) is 4.73. The molecular weight excluding hydrogens is 228 g/mol. The molecule has 2 heterocycles. The number of nitrogens with zero attached hydrogens (tertiary/aromatic N) is 2. The highest BCUT2D eigenvalue weighted by Gasteiger charge is 2.21. The van der Waals surface area contributed by atoms with Gasteiger partial charge in [0.15, 0.2) is 5.13 Å². The van der Waals surface area contributed by atoms with Crippen molar-refractivity contribution in [3.8, 4) is 5.88 Å². The monoisotopic (exact) mass is 244 g/mol. The van der Waals surface area contributed by atoms with E-state index in [2.05, 4.69) is 16.1 Å². The van der Waals surface area contributed by atoms with Gasteiger partial charge in [0.1, 0.15) is 0 Å². The van der Waals surface area contributed by atoms with Gasteiger partial charge < -0.3 is 10.0 Å². The molecule has 1 unspecified atom stereocenters. The van der Waals surface area contributed by atoms with Crippen LogP contribution in [0.15, 0.2) is 5.38 Å². The maximum Gasteiger partial charge on any atom is 0.223 e. The number of aromatic nitrogens is 1. The molecule has 84 valence electrons. The molecule has 15 heavy (non-hydrogen) atoms. The summed E-state index contributed by atoms with van der Waals surface area (Å²) in [5.74, 6) is 2.16. The molecule has 0 aromatic carbocycles. The van der Waals surface area contributed by atoms with Crippen LogP contribution in [0.25, 0.3) is 0 Å². The van der Waals surface area contributed by atoms with E-state index in [4.69, 9.17) is 0 Å². The van der Waals surface area contributed by atoms with E-state index in [-0.39, 0.29) is 5.88 Å². The van der Waals surface area contributed by atoms with Gasteiger partial charge >= 0.3 is 0 Å². The molecule has 0 radical (unpaired) electrons. The van der Waals surface area contributed by atoms with Crippen molar-refractivity contribution in [2.24, 2.45) is 5.92 Å². The second-order valence-electron chi connectivity index (χ2n) is 3.90. The summed E-state index contributed by atoms with van der Waals surface area (Å²) in [6, 6.07) is 0. The minimum atomic E-state index is 0.155. The topological polar surface area (TPSA) is 36.4 Å². The average molecular weight is 244 g/mol. The molecule has 1 aliphatic rings. The van der Waals surface area contributed by atoms with Gasteiger partial charge in [-0.2, -0.15) is 16.7 Å². The maximum atomic E-state index is 9.22. The van der Waals surface area contributed by atoms with Crippen molar-refractivity contribution in [2.45, 2.75) is 12.8 Å². The number of thiazole rings is 1. The largest absolute Gasteiger partial charge is 0.493 e. The van der Waals surface area contributed by atoms with Crippen molar-refractivity contribution >= 4 is 28.2 Å². The van der Waals surface area contributed by atoms with Gasteiger partial charge in [-0.1, -0.05) is 0 Å². The normalized spacial score (nSPS) is 21.9. The summed E-state index contributed by atoms with van der Waals surface area (Å²) in [4.78, 5) is 6.42. The number of hydrogen-bond acceptors (Lipinski definition) is 5. The van der Waals surface area contributed by atoms with Gasteiger partial charge in [-0.05, 0) is 30.8 Å². The fourth-order valence-corrected chi connectivity index (χ4v) is 3.48. The van der Waals surface area contributed by atoms with Gasteiger partial charge in [-0.15, -0.1) is 11.3 Å².